The van der Waals surface area contributed by atoms with Gasteiger partial charge in [0.2, 0.25) is 0 Å². The first kappa shape index (κ1) is 11.9. The van der Waals surface area contributed by atoms with Crippen LogP contribution in [0.1, 0.15) is 18.2 Å². The van der Waals surface area contributed by atoms with Crippen LogP contribution in [0.2, 0.25) is 0 Å². The minimum absolute atomic E-state index is 0.0966. The van der Waals surface area contributed by atoms with E-state index in [0.29, 0.717) is 26.1 Å². The number of nitrogens with two attached hydrogens (primary N) is 1. The van der Waals surface area contributed by atoms with E-state index in [1.807, 2.05) is 18.4 Å². The van der Waals surface area contributed by atoms with E-state index in [4.69, 9.17) is 10.5 Å². The Balaban J connectivity index is 1.82. The van der Waals surface area contributed by atoms with Crippen LogP contribution in [-0.4, -0.2) is 30.0 Å². The van der Waals surface area contributed by atoms with E-state index in [9.17, 15) is 5.11 Å². The van der Waals surface area contributed by atoms with Crippen LogP contribution in [0, 0.1) is 0 Å². The number of anilines is 1. The molecule has 1 aromatic heterocycles. The minimum Gasteiger partial charge on any atom is -0.398 e. The fourth-order valence-electron chi connectivity index (χ4n) is 1.89. The van der Waals surface area contributed by atoms with E-state index in [0.717, 1.165) is 10.6 Å². The third-order valence-corrected chi connectivity index (χ3v) is 4.09. The summed E-state index contributed by atoms with van der Waals surface area (Å²) in [5, 5.41) is 15.5. The standard InChI is InChI=1S/C11H18N2O2S/c1-8-11(14,3-4-15-8)7-13-6-10-9(12)2-5-16-10/h2,5,8,13-14H,3-4,6-7,12H2,1H3. The molecule has 2 unspecified atom stereocenters. The van der Waals surface area contributed by atoms with Crippen LogP contribution in [0.5, 0.6) is 0 Å². The maximum Gasteiger partial charge on any atom is 0.105 e. The van der Waals surface area contributed by atoms with E-state index >= 15 is 0 Å². The smallest absolute Gasteiger partial charge is 0.105 e. The molecule has 4 N–H and O–H groups in total. The Morgan fingerprint density at radius 2 is 2.56 bits per heavy atom. The van der Waals surface area contributed by atoms with Crippen LogP contribution in [0.25, 0.3) is 0 Å². The summed E-state index contributed by atoms with van der Waals surface area (Å²) in [7, 11) is 0. The summed E-state index contributed by atoms with van der Waals surface area (Å²) in [5.74, 6) is 0. The highest BCUT2D eigenvalue weighted by molar-refractivity contribution is 7.10. The number of thiophene rings is 1. The van der Waals surface area contributed by atoms with Crippen molar-refractivity contribution < 1.29 is 9.84 Å². The molecule has 4 nitrogen and oxygen atoms in total. The van der Waals surface area contributed by atoms with Gasteiger partial charge in [-0.25, -0.2) is 0 Å². The van der Waals surface area contributed by atoms with Crippen molar-refractivity contribution in [3.8, 4) is 0 Å². The number of ether oxygens (including phenoxy) is 1. The molecule has 0 amide bonds. The zero-order valence-corrected chi connectivity index (χ0v) is 10.2. The lowest BCUT2D eigenvalue weighted by Gasteiger charge is -2.26. The minimum atomic E-state index is -0.730. The predicted molar refractivity (Wildman–Crippen MR) is 65.4 cm³/mol. The van der Waals surface area contributed by atoms with Gasteiger partial charge in [0.25, 0.3) is 0 Å². The predicted octanol–water partition coefficient (Wildman–Crippen LogP) is 0.960. The largest absolute Gasteiger partial charge is 0.398 e. The number of nitrogens with one attached hydrogen (secondary N) is 1. The van der Waals surface area contributed by atoms with Gasteiger partial charge in [-0.2, -0.15) is 0 Å². The fourth-order valence-corrected chi connectivity index (χ4v) is 2.66. The van der Waals surface area contributed by atoms with Gasteiger partial charge in [-0.15, -0.1) is 11.3 Å². The molecule has 1 saturated heterocycles. The van der Waals surface area contributed by atoms with Crippen LogP contribution in [0.3, 0.4) is 0 Å². The zero-order chi connectivity index (χ0) is 11.6. The number of aliphatic hydroxyl groups is 1. The molecule has 90 valence electrons. The molecule has 0 bridgehead atoms. The van der Waals surface area contributed by atoms with Crippen molar-refractivity contribution in [1.82, 2.24) is 5.32 Å². The quantitative estimate of drug-likeness (QED) is 0.735. The van der Waals surface area contributed by atoms with Crippen molar-refractivity contribution in [3.05, 3.63) is 16.3 Å². The molecule has 1 fully saturated rings. The highest BCUT2D eigenvalue weighted by Crippen LogP contribution is 2.25. The molecule has 0 aliphatic carbocycles. The molecular formula is C11H18N2O2S. The van der Waals surface area contributed by atoms with Gasteiger partial charge in [0.1, 0.15) is 5.60 Å². The second-order valence-corrected chi connectivity index (χ2v) is 5.27. The Morgan fingerprint density at radius 1 is 1.75 bits per heavy atom. The van der Waals surface area contributed by atoms with Crippen molar-refractivity contribution in [2.75, 3.05) is 18.9 Å². The van der Waals surface area contributed by atoms with Gasteiger partial charge in [-0.3, -0.25) is 0 Å². The molecule has 1 aliphatic heterocycles. The lowest BCUT2D eigenvalue weighted by molar-refractivity contribution is -0.0262. The van der Waals surface area contributed by atoms with E-state index < -0.39 is 5.60 Å². The van der Waals surface area contributed by atoms with Gasteiger partial charge < -0.3 is 20.9 Å². The average molecular weight is 242 g/mol. The first-order valence-electron chi connectivity index (χ1n) is 5.48. The summed E-state index contributed by atoms with van der Waals surface area (Å²) >= 11 is 1.63. The van der Waals surface area contributed by atoms with Crippen molar-refractivity contribution in [3.63, 3.8) is 0 Å². The van der Waals surface area contributed by atoms with Crippen LogP contribution >= 0.6 is 11.3 Å². The van der Waals surface area contributed by atoms with Gasteiger partial charge in [0.05, 0.1) is 6.10 Å². The Labute approximate surface area is 99.4 Å². The molecule has 2 heterocycles. The summed E-state index contributed by atoms with van der Waals surface area (Å²) in [6.07, 6.45) is 0.599. The maximum absolute atomic E-state index is 10.2. The van der Waals surface area contributed by atoms with Gasteiger partial charge in [0.15, 0.2) is 0 Å². The molecule has 0 radical (unpaired) electrons. The molecule has 5 heteroatoms. The van der Waals surface area contributed by atoms with Crippen LogP contribution < -0.4 is 11.1 Å². The molecule has 1 aromatic rings. The summed E-state index contributed by atoms with van der Waals surface area (Å²) < 4.78 is 5.37. The molecule has 0 spiro atoms. The summed E-state index contributed by atoms with van der Waals surface area (Å²) in [4.78, 5) is 1.12. The summed E-state index contributed by atoms with van der Waals surface area (Å²) in [6, 6.07) is 1.90. The number of hydrogen-bond acceptors (Lipinski definition) is 5. The van der Waals surface area contributed by atoms with E-state index in [-0.39, 0.29) is 6.10 Å². The van der Waals surface area contributed by atoms with Crippen LogP contribution in [-0.2, 0) is 11.3 Å². The van der Waals surface area contributed by atoms with Crippen molar-refractivity contribution in [2.45, 2.75) is 31.6 Å². The Bertz CT molecular complexity index is 356. The second kappa shape index (κ2) is 4.71. The highest BCUT2D eigenvalue weighted by atomic mass is 32.1. The monoisotopic (exact) mass is 242 g/mol. The highest BCUT2D eigenvalue weighted by Gasteiger charge is 2.38. The lowest BCUT2D eigenvalue weighted by Crippen LogP contribution is -2.45. The Hall–Kier alpha value is -0.620. The summed E-state index contributed by atoms with van der Waals surface area (Å²) in [5.41, 5.74) is 5.87. The van der Waals surface area contributed by atoms with E-state index in [2.05, 4.69) is 5.32 Å². The van der Waals surface area contributed by atoms with E-state index in [1.165, 1.54) is 0 Å². The third kappa shape index (κ3) is 2.38. The molecule has 0 aromatic carbocycles. The SMILES string of the molecule is CC1OCCC1(O)CNCc1sccc1N. The number of nitrogen functional groups attached to an aromatic ring is 1. The number of rotatable bonds is 4. The van der Waals surface area contributed by atoms with E-state index in [1.54, 1.807) is 11.3 Å². The molecule has 2 atom stereocenters. The van der Waals surface area contributed by atoms with Crippen molar-refractivity contribution in [1.29, 1.82) is 0 Å². The molecule has 1 aliphatic rings. The van der Waals surface area contributed by atoms with Gasteiger partial charge >= 0.3 is 0 Å². The third-order valence-electron chi connectivity index (χ3n) is 3.16. The Kier molecular flexibility index (Phi) is 3.49. The fraction of sp³-hybridized carbons (Fsp3) is 0.636. The van der Waals surface area contributed by atoms with Crippen molar-refractivity contribution >= 4 is 17.0 Å². The molecule has 2 rings (SSSR count). The first-order valence-corrected chi connectivity index (χ1v) is 6.36. The van der Waals surface area contributed by atoms with Crippen LogP contribution in [0.4, 0.5) is 5.69 Å². The van der Waals surface area contributed by atoms with Gasteiger partial charge in [-0.1, -0.05) is 0 Å². The van der Waals surface area contributed by atoms with Gasteiger partial charge in [0, 0.05) is 36.7 Å². The Morgan fingerprint density at radius 3 is 3.12 bits per heavy atom. The maximum atomic E-state index is 10.2. The van der Waals surface area contributed by atoms with Gasteiger partial charge in [-0.05, 0) is 18.4 Å². The second-order valence-electron chi connectivity index (χ2n) is 4.27. The lowest BCUT2D eigenvalue weighted by atomic mass is 9.97. The number of hydrogen-bond donors (Lipinski definition) is 3. The topological polar surface area (TPSA) is 67.5 Å². The first-order chi connectivity index (χ1) is 7.62. The summed E-state index contributed by atoms with van der Waals surface area (Å²) in [6.45, 7) is 3.80. The average Bonchev–Trinajstić information content (AvgIpc) is 2.77. The molecule has 16 heavy (non-hydrogen) atoms. The normalized spacial score (nSPS) is 29.8. The van der Waals surface area contributed by atoms with Crippen LogP contribution in [0.15, 0.2) is 11.4 Å². The molecular weight excluding hydrogens is 224 g/mol. The zero-order valence-electron chi connectivity index (χ0n) is 9.40. The molecule has 0 saturated carbocycles. The van der Waals surface area contributed by atoms with Crippen molar-refractivity contribution in [2.24, 2.45) is 0 Å².